The Morgan fingerprint density at radius 3 is 2.53 bits per heavy atom. The molecule has 0 bridgehead atoms. The molecule has 0 unspecified atom stereocenters. The predicted octanol–water partition coefficient (Wildman–Crippen LogP) is 2.87. The first-order valence-corrected chi connectivity index (χ1v) is 5.87. The highest BCUT2D eigenvalue weighted by molar-refractivity contribution is 5.94. The van der Waals surface area contributed by atoms with Gasteiger partial charge in [-0.2, -0.15) is 0 Å². The maximum Gasteiger partial charge on any atom is 0.251 e. The van der Waals surface area contributed by atoms with Crippen molar-refractivity contribution in [2.24, 2.45) is 5.41 Å². The van der Waals surface area contributed by atoms with Gasteiger partial charge in [0.05, 0.1) is 0 Å². The number of phenolic OH excluding ortho intramolecular Hbond substituents is 1. The van der Waals surface area contributed by atoms with Gasteiger partial charge in [-0.3, -0.25) is 4.79 Å². The first-order chi connectivity index (χ1) is 7.79. The van der Waals surface area contributed by atoms with Gasteiger partial charge in [0.2, 0.25) is 0 Å². The van der Waals surface area contributed by atoms with E-state index in [1.54, 1.807) is 19.1 Å². The van der Waals surface area contributed by atoms with Crippen molar-refractivity contribution in [1.29, 1.82) is 0 Å². The lowest BCUT2D eigenvalue weighted by Crippen LogP contribution is -2.27. The van der Waals surface area contributed by atoms with Crippen molar-refractivity contribution in [2.75, 3.05) is 6.54 Å². The third-order valence-electron chi connectivity index (χ3n) is 2.63. The van der Waals surface area contributed by atoms with E-state index in [1.165, 1.54) is 6.07 Å². The van der Waals surface area contributed by atoms with Crippen molar-refractivity contribution < 1.29 is 9.90 Å². The van der Waals surface area contributed by atoms with Gasteiger partial charge in [0.1, 0.15) is 5.75 Å². The van der Waals surface area contributed by atoms with Crippen LogP contribution in [0.25, 0.3) is 0 Å². The molecule has 0 heterocycles. The lowest BCUT2D eigenvalue weighted by Gasteiger charge is -2.18. The summed E-state index contributed by atoms with van der Waals surface area (Å²) in [6, 6.07) is 4.97. The molecule has 17 heavy (non-hydrogen) atoms. The zero-order valence-corrected chi connectivity index (χ0v) is 11.0. The number of hydrogen-bond acceptors (Lipinski definition) is 2. The molecular formula is C14H21NO2. The minimum Gasteiger partial charge on any atom is -0.508 e. The van der Waals surface area contributed by atoms with Crippen LogP contribution in [0.5, 0.6) is 5.75 Å². The number of carbonyl (C=O) groups excluding carboxylic acids is 1. The standard InChI is InChI=1S/C14H21NO2/c1-10-5-6-11(9-12(10)16)13(17)15-8-7-14(2,3)4/h5-6,9,16H,7-8H2,1-4H3,(H,15,17). The van der Waals surface area contributed by atoms with Crippen LogP contribution < -0.4 is 5.32 Å². The third-order valence-corrected chi connectivity index (χ3v) is 2.63. The molecule has 3 heteroatoms. The molecule has 0 radical (unpaired) electrons. The molecule has 0 aliphatic heterocycles. The van der Waals surface area contributed by atoms with E-state index >= 15 is 0 Å². The molecule has 94 valence electrons. The molecule has 0 fully saturated rings. The fourth-order valence-corrected chi connectivity index (χ4v) is 1.40. The van der Waals surface area contributed by atoms with Crippen LogP contribution in [-0.2, 0) is 0 Å². The minimum atomic E-state index is -0.135. The number of carbonyl (C=O) groups is 1. The van der Waals surface area contributed by atoms with Crippen LogP contribution in [0.4, 0.5) is 0 Å². The highest BCUT2D eigenvalue weighted by atomic mass is 16.3. The summed E-state index contributed by atoms with van der Waals surface area (Å²) in [6.07, 6.45) is 0.927. The average molecular weight is 235 g/mol. The quantitative estimate of drug-likeness (QED) is 0.846. The lowest BCUT2D eigenvalue weighted by atomic mass is 9.92. The Balaban J connectivity index is 2.56. The van der Waals surface area contributed by atoms with Gasteiger partial charge in [-0.25, -0.2) is 0 Å². The van der Waals surface area contributed by atoms with Gasteiger partial charge >= 0.3 is 0 Å². The van der Waals surface area contributed by atoms with Gasteiger partial charge in [-0.15, -0.1) is 0 Å². The molecule has 1 amide bonds. The van der Waals surface area contributed by atoms with E-state index in [0.717, 1.165) is 12.0 Å². The SMILES string of the molecule is Cc1ccc(C(=O)NCCC(C)(C)C)cc1O. The number of benzene rings is 1. The molecule has 0 saturated heterocycles. The summed E-state index contributed by atoms with van der Waals surface area (Å²) >= 11 is 0. The van der Waals surface area contributed by atoms with E-state index in [9.17, 15) is 9.90 Å². The summed E-state index contributed by atoms with van der Waals surface area (Å²) in [6.45, 7) is 8.86. The summed E-state index contributed by atoms with van der Waals surface area (Å²) in [5, 5.41) is 12.4. The molecule has 1 aromatic carbocycles. The van der Waals surface area contributed by atoms with Crippen molar-refractivity contribution in [1.82, 2.24) is 5.32 Å². The smallest absolute Gasteiger partial charge is 0.251 e. The second-order valence-corrected chi connectivity index (χ2v) is 5.57. The molecule has 0 aromatic heterocycles. The fourth-order valence-electron chi connectivity index (χ4n) is 1.40. The Kier molecular flexibility index (Phi) is 4.16. The third kappa shape index (κ3) is 4.47. The molecule has 0 saturated carbocycles. The van der Waals surface area contributed by atoms with Gasteiger partial charge in [0.25, 0.3) is 5.91 Å². The average Bonchev–Trinajstić information content (AvgIpc) is 2.20. The van der Waals surface area contributed by atoms with Crippen molar-refractivity contribution >= 4 is 5.91 Å². The number of aromatic hydroxyl groups is 1. The number of phenols is 1. The second kappa shape index (κ2) is 5.21. The summed E-state index contributed by atoms with van der Waals surface area (Å²) < 4.78 is 0. The number of nitrogens with one attached hydrogen (secondary N) is 1. The summed E-state index contributed by atoms with van der Waals surface area (Å²) in [7, 11) is 0. The lowest BCUT2D eigenvalue weighted by molar-refractivity contribution is 0.0949. The largest absolute Gasteiger partial charge is 0.508 e. The second-order valence-electron chi connectivity index (χ2n) is 5.57. The Hall–Kier alpha value is -1.51. The van der Waals surface area contributed by atoms with Gasteiger partial charge in [-0.1, -0.05) is 26.8 Å². The molecule has 0 spiro atoms. The molecule has 0 atom stereocenters. The fraction of sp³-hybridized carbons (Fsp3) is 0.500. The summed E-state index contributed by atoms with van der Waals surface area (Å²) in [5.74, 6) is 0.0259. The van der Waals surface area contributed by atoms with Crippen LogP contribution in [0, 0.1) is 12.3 Å². The zero-order chi connectivity index (χ0) is 13.1. The molecule has 0 aliphatic carbocycles. The number of aryl methyl sites for hydroxylation is 1. The molecule has 1 aromatic rings. The molecule has 3 nitrogen and oxygen atoms in total. The van der Waals surface area contributed by atoms with E-state index in [4.69, 9.17) is 0 Å². The van der Waals surface area contributed by atoms with Crippen LogP contribution in [0.3, 0.4) is 0 Å². The van der Waals surface area contributed by atoms with Crippen LogP contribution >= 0.6 is 0 Å². The summed E-state index contributed by atoms with van der Waals surface area (Å²) in [4.78, 5) is 11.8. The van der Waals surface area contributed by atoms with Gasteiger partial charge in [-0.05, 0) is 36.5 Å². The van der Waals surface area contributed by atoms with Gasteiger partial charge in [0.15, 0.2) is 0 Å². The number of rotatable bonds is 3. The van der Waals surface area contributed by atoms with E-state index in [1.807, 2.05) is 0 Å². The monoisotopic (exact) mass is 235 g/mol. The van der Waals surface area contributed by atoms with Crippen molar-refractivity contribution in [3.05, 3.63) is 29.3 Å². The zero-order valence-electron chi connectivity index (χ0n) is 11.0. The van der Waals surface area contributed by atoms with Gasteiger partial charge in [0, 0.05) is 12.1 Å². The Morgan fingerprint density at radius 2 is 2.00 bits per heavy atom. The number of hydrogen-bond donors (Lipinski definition) is 2. The predicted molar refractivity (Wildman–Crippen MR) is 69.2 cm³/mol. The maximum atomic E-state index is 11.8. The summed E-state index contributed by atoms with van der Waals surface area (Å²) in [5.41, 5.74) is 1.49. The Bertz CT molecular complexity index is 405. The first-order valence-electron chi connectivity index (χ1n) is 5.87. The van der Waals surface area contributed by atoms with Crippen LogP contribution in [0.15, 0.2) is 18.2 Å². The van der Waals surface area contributed by atoms with Crippen molar-refractivity contribution in [2.45, 2.75) is 34.1 Å². The molecular weight excluding hydrogens is 214 g/mol. The van der Waals surface area contributed by atoms with Crippen molar-refractivity contribution in [3.63, 3.8) is 0 Å². The van der Waals surface area contributed by atoms with Crippen LogP contribution in [0.1, 0.15) is 43.1 Å². The number of amides is 1. The highest BCUT2D eigenvalue weighted by Crippen LogP contribution is 2.18. The van der Waals surface area contributed by atoms with E-state index < -0.39 is 0 Å². The van der Waals surface area contributed by atoms with Crippen molar-refractivity contribution in [3.8, 4) is 5.75 Å². The molecule has 1 rings (SSSR count). The molecule has 2 N–H and O–H groups in total. The highest BCUT2D eigenvalue weighted by Gasteiger charge is 2.11. The Labute approximate surface area is 103 Å². The minimum absolute atomic E-state index is 0.135. The van der Waals surface area contributed by atoms with Crippen LogP contribution in [-0.4, -0.2) is 17.6 Å². The topological polar surface area (TPSA) is 49.3 Å². The molecule has 0 aliphatic rings. The normalized spacial score (nSPS) is 11.3. The Morgan fingerprint density at radius 1 is 1.35 bits per heavy atom. The van der Waals surface area contributed by atoms with E-state index in [2.05, 4.69) is 26.1 Å². The van der Waals surface area contributed by atoms with E-state index in [0.29, 0.717) is 12.1 Å². The first kappa shape index (κ1) is 13.6. The van der Waals surface area contributed by atoms with Crippen LogP contribution in [0.2, 0.25) is 0 Å². The van der Waals surface area contributed by atoms with E-state index in [-0.39, 0.29) is 17.1 Å². The maximum absolute atomic E-state index is 11.8. The van der Waals surface area contributed by atoms with Gasteiger partial charge < -0.3 is 10.4 Å².